The average molecular weight is 293 g/mol. The predicted octanol–water partition coefficient (Wildman–Crippen LogP) is 4.43. The lowest BCUT2D eigenvalue weighted by Gasteiger charge is -2.27. The summed E-state index contributed by atoms with van der Waals surface area (Å²) in [5, 5.41) is 3.43. The van der Waals surface area contributed by atoms with Crippen LogP contribution in [0, 0.1) is 11.3 Å². The van der Waals surface area contributed by atoms with Crippen molar-refractivity contribution in [2.75, 3.05) is 21.3 Å². The molecule has 1 N–H and O–H groups in total. The van der Waals surface area contributed by atoms with Gasteiger partial charge in [-0.1, -0.05) is 33.8 Å². The van der Waals surface area contributed by atoms with E-state index in [1.807, 2.05) is 19.2 Å². The second-order valence-electron chi connectivity index (χ2n) is 7.05. The topological polar surface area (TPSA) is 30.5 Å². The summed E-state index contributed by atoms with van der Waals surface area (Å²) >= 11 is 0. The van der Waals surface area contributed by atoms with Crippen LogP contribution in [0.4, 0.5) is 0 Å². The van der Waals surface area contributed by atoms with Gasteiger partial charge in [0.15, 0.2) is 0 Å². The number of nitrogens with one attached hydrogen (secondary N) is 1. The van der Waals surface area contributed by atoms with E-state index in [0.29, 0.717) is 17.4 Å². The van der Waals surface area contributed by atoms with Crippen LogP contribution in [-0.4, -0.2) is 21.3 Å². The molecule has 21 heavy (non-hydrogen) atoms. The van der Waals surface area contributed by atoms with E-state index >= 15 is 0 Å². The number of hydrogen-bond acceptors (Lipinski definition) is 3. The highest BCUT2D eigenvalue weighted by molar-refractivity contribution is 5.42. The second-order valence-corrected chi connectivity index (χ2v) is 7.05. The fourth-order valence-corrected chi connectivity index (χ4v) is 3.04. The third kappa shape index (κ3) is 5.58. The molecular weight excluding hydrogens is 262 g/mol. The Balaban J connectivity index is 2.89. The minimum atomic E-state index is 0.295. The Bertz CT molecular complexity index is 437. The van der Waals surface area contributed by atoms with Gasteiger partial charge in [-0.3, -0.25) is 0 Å². The predicted molar refractivity (Wildman–Crippen MR) is 89.2 cm³/mol. The Morgan fingerprint density at radius 3 is 2.29 bits per heavy atom. The van der Waals surface area contributed by atoms with Crippen LogP contribution in [0.15, 0.2) is 18.2 Å². The summed E-state index contributed by atoms with van der Waals surface area (Å²) < 4.78 is 10.8. The quantitative estimate of drug-likeness (QED) is 0.807. The lowest BCUT2D eigenvalue weighted by Crippen LogP contribution is -2.22. The summed E-state index contributed by atoms with van der Waals surface area (Å²) in [7, 11) is 5.40. The molecule has 0 spiro atoms. The first-order valence-electron chi connectivity index (χ1n) is 7.70. The molecule has 1 aromatic carbocycles. The molecule has 120 valence electrons. The number of ether oxygens (including phenoxy) is 2. The summed E-state index contributed by atoms with van der Waals surface area (Å²) in [5.41, 5.74) is 1.56. The van der Waals surface area contributed by atoms with Crippen molar-refractivity contribution in [1.82, 2.24) is 5.32 Å². The van der Waals surface area contributed by atoms with Crippen LogP contribution in [0.25, 0.3) is 0 Å². The van der Waals surface area contributed by atoms with E-state index < -0.39 is 0 Å². The molecule has 3 nitrogen and oxygen atoms in total. The molecule has 0 heterocycles. The van der Waals surface area contributed by atoms with Crippen LogP contribution in [0.3, 0.4) is 0 Å². The third-order valence-corrected chi connectivity index (χ3v) is 3.76. The minimum Gasteiger partial charge on any atom is -0.497 e. The van der Waals surface area contributed by atoms with Crippen molar-refractivity contribution in [2.24, 2.45) is 11.3 Å². The second kappa shape index (κ2) is 7.69. The molecule has 0 aliphatic carbocycles. The Morgan fingerprint density at radius 1 is 1.14 bits per heavy atom. The van der Waals surface area contributed by atoms with Gasteiger partial charge in [-0.2, -0.15) is 0 Å². The number of benzene rings is 1. The molecule has 0 aromatic heterocycles. The van der Waals surface area contributed by atoms with Crippen molar-refractivity contribution in [3.63, 3.8) is 0 Å². The van der Waals surface area contributed by atoms with E-state index in [1.165, 1.54) is 12.0 Å². The van der Waals surface area contributed by atoms with Gasteiger partial charge in [0.1, 0.15) is 11.5 Å². The minimum absolute atomic E-state index is 0.295. The van der Waals surface area contributed by atoms with Gasteiger partial charge in [0.05, 0.1) is 14.2 Å². The zero-order valence-corrected chi connectivity index (χ0v) is 14.6. The fraction of sp³-hybridized carbons (Fsp3) is 0.667. The zero-order valence-electron chi connectivity index (χ0n) is 14.6. The summed E-state index contributed by atoms with van der Waals surface area (Å²) in [6.45, 7) is 9.22. The van der Waals surface area contributed by atoms with Crippen molar-refractivity contribution in [3.8, 4) is 11.5 Å². The summed E-state index contributed by atoms with van der Waals surface area (Å²) in [5.74, 6) is 2.36. The van der Waals surface area contributed by atoms with Gasteiger partial charge in [0.2, 0.25) is 0 Å². The van der Waals surface area contributed by atoms with Crippen molar-refractivity contribution in [2.45, 2.75) is 46.6 Å². The first-order chi connectivity index (χ1) is 9.80. The molecule has 2 unspecified atom stereocenters. The normalized spacial score (nSPS) is 14.6. The first-order valence-corrected chi connectivity index (χ1v) is 7.70. The van der Waals surface area contributed by atoms with Crippen LogP contribution >= 0.6 is 0 Å². The van der Waals surface area contributed by atoms with Crippen LogP contribution in [0.2, 0.25) is 0 Å². The van der Waals surface area contributed by atoms with E-state index in [2.05, 4.69) is 39.1 Å². The van der Waals surface area contributed by atoms with E-state index in [-0.39, 0.29) is 0 Å². The van der Waals surface area contributed by atoms with Gasteiger partial charge in [-0.15, -0.1) is 0 Å². The molecule has 1 rings (SSSR count). The SMILES string of the molecule is CNC(CC(C)CC(C)(C)C)c1ccc(OC)cc1OC. The molecule has 0 fully saturated rings. The Morgan fingerprint density at radius 2 is 1.81 bits per heavy atom. The van der Waals surface area contributed by atoms with Gasteiger partial charge >= 0.3 is 0 Å². The molecule has 0 amide bonds. The van der Waals surface area contributed by atoms with Gasteiger partial charge in [0.25, 0.3) is 0 Å². The lowest BCUT2D eigenvalue weighted by molar-refractivity contribution is 0.277. The number of rotatable bonds is 7. The van der Waals surface area contributed by atoms with Gasteiger partial charge in [-0.25, -0.2) is 0 Å². The summed E-state index contributed by atoms with van der Waals surface area (Å²) in [6, 6.07) is 6.34. The molecule has 1 aromatic rings. The molecule has 0 aliphatic rings. The van der Waals surface area contributed by atoms with Crippen molar-refractivity contribution in [1.29, 1.82) is 0 Å². The highest BCUT2D eigenvalue weighted by Gasteiger charge is 2.21. The summed E-state index contributed by atoms with van der Waals surface area (Å²) in [6.07, 6.45) is 2.31. The molecule has 0 radical (unpaired) electrons. The molecule has 0 saturated heterocycles. The van der Waals surface area contributed by atoms with E-state index in [4.69, 9.17) is 9.47 Å². The molecule has 2 atom stereocenters. The maximum atomic E-state index is 5.53. The van der Waals surface area contributed by atoms with E-state index in [1.54, 1.807) is 14.2 Å². The van der Waals surface area contributed by atoms with Gasteiger partial charge in [0, 0.05) is 17.7 Å². The molecule has 0 saturated carbocycles. The van der Waals surface area contributed by atoms with Crippen molar-refractivity contribution in [3.05, 3.63) is 23.8 Å². The number of hydrogen-bond donors (Lipinski definition) is 1. The maximum Gasteiger partial charge on any atom is 0.127 e. The van der Waals surface area contributed by atoms with E-state index in [0.717, 1.165) is 17.9 Å². The van der Waals surface area contributed by atoms with Crippen LogP contribution in [-0.2, 0) is 0 Å². The van der Waals surface area contributed by atoms with E-state index in [9.17, 15) is 0 Å². The Hall–Kier alpha value is -1.22. The van der Waals surface area contributed by atoms with Gasteiger partial charge < -0.3 is 14.8 Å². The van der Waals surface area contributed by atoms with Crippen LogP contribution in [0.1, 0.15) is 52.1 Å². The third-order valence-electron chi connectivity index (χ3n) is 3.76. The van der Waals surface area contributed by atoms with Crippen LogP contribution in [0.5, 0.6) is 11.5 Å². The average Bonchev–Trinajstić information content (AvgIpc) is 2.42. The highest BCUT2D eigenvalue weighted by Crippen LogP contribution is 2.35. The summed E-state index contributed by atoms with van der Waals surface area (Å²) in [4.78, 5) is 0. The molecule has 0 aliphatic heterocycles. The highest BCUT2D eigenvalue weighted by atomic mass is 16.5. The smallest absolute Gasteiger partial charge is 0.127 e. The van der Waals surface area contributed by atoms with Crippen LogP contribution < -0.4 is 14.8 Å². The maximum absolute atomic E-state index is 5.53. The Labute approximate surface area is 130 Å². The molecule has 3 heteroatoms. The largest absolute Gasteiger partial charge is 0.497 e. The van der Waals surface area contributed by atoms with Gasteiger partial charge in [-0.05, 0) is 37.3 Å². The first kappa shape index (κ1) is 17.8. The number of methoxy groups -OCH3 is 2. The molecular formula is C18H31NO2. The zero-order chi connectivity index (χ0) is 16.0. The van der Waals surface area contributed by atoms with Crippen molar-refractivity contribution >= 4 is 0 Å². The Kier molecular flexibility index (Phi) is 6.53. The standard InChI is InChI=1S/C18H31NO2/c1-13(12-18(2,3)4)10-16(19-5)15-9-8-14(20-6)11-17(15)21-7/h8-9,11,13,16,19H,10,12H2,1-7H3. The molecule has 0 bridgehead atoms. The monoisotopic (exact) mass is 293 g/mol. The lowest BCUT2D eigenvalue weighted by atomic mass is 9.82. The van der Waals surface area contributed by atoms with Crippen molar-refractivity contribution < 1.29 is 9.47 Å². The fourth-order valence-electron chi connectivity index (χ4n) is 3.04.